The van der Waals surface area contributed by atoms with Crippen LogP contribution in [0.2, 0.25) is 5.02 Å². The summed E-state index contributed by atoms with van der Waals surface area (Å²) in [6.45, 7) is 7.58. The summed E-state index contributed by atoms with van der Waals surface area (Å²) in [7, 11) is 0. The Morgan fingerprint density at radius 1 is 1.36 bits per heavy atom. The summed E-state index contributed by atoms with van der Waals surface area (Å²) in [5.74, 6) is -0.00948. The van der Waals surface area contributed by atoms with Crippen molar-refractivity contribution in [2.75, 3.05) is 19.7 Å². The van der Waals surface area contributed by atoms with E-state index in [2.05, 4.69) is 0 Å². The molecule has 1 aliphatic heterocycles. The van der Waals surface area contributed by atoms with E-state index in [4.69, 9.17) is 22.1 Å². The number of hydrogen-bond acceptors (Lipinski definition) is 3. The molecule has 0 aromatic heterocycles. The van der Waals surface area contributed by atoms with Gasteiger partial charge < -0.3 is 15.4 Å². The maximum absolute atomic E-state index is 12.5. The van der Waals surface area contributed by atoms with Gasteiger partial charge in [0.1, 0.15) is 6.10 Å². The molecule has 0 spiro atoms. The van der Waals surface area contributed by atoms with E-state index in [1.807, 2.05) is 45.0 Å². The molecule has 1 heterocycles. The van der Waals surface area contributed by atoms with Crippen molar-refractivity contribution in [3.8, 4) is 0 Å². The largest absolute Gasteiger partial charge is 0.370 e. The van der Waals surface area contributed by atoms with Crippen LogP contribution >= 0.6 is 24.0 Å². The van der Waals surface area contributed by atoms with E-state index >= 15 is 0 Å². The first-order chi connectivity index (χ1) is 9.79. The van der Waals surface area contributed by atoms with Gasteiger partial charge in [0.2, 0.25) is 5.91 Å². The van der Waals surface area contributed by atoms with Crippen molar-refractivity contribution < 1.29 is 9.53 Å². The lowest BCUT2D eigenvalue weighted by Gasteiger charge is -2.37. The molecule has 6 heteroatoms. The van der Waals surface area contributed by atoms with E-state index in [1.54, 1.807) is 4.90 Å². The van der Waals surface area contributed by atoms with Gasteiger partial charge in [-0.2, -0.15) is 0 Å². The molecule has 2 atom stereocenters. The normalized spacial score (nSPS) is 20.2. The highest BCUT2D eigenvalue weighted by Gasteiger charge is 2.34. The van der Waals surface area contributed by atoms with Crippen LogP contribution < -0.4 is 5.73 Å². The van der Waals surface area contributed by atoms with Crippen LogP contribution in [0.25, 0.3) is 0 Å². The van der Waals surface area contributed by atoms with Crippen molar-refractivity contribution in [3.05, 3.63) is 34.9 Å². The molecule has 0 radical (unpaired) electrons. The van der Waals surface area contributed by atoms with Gasteiger partial charge in [0.25, 0.3) is 0 Å². The fourth-order valence-electron chi connectivity index (χ4n) is 2.30. The summed E-state index contributed by atoms with van der Waals surface area (Å²) in [5, 5.41) is 0.692. The zero-order valence-electron chi connectivity index (χ0n) is 13.2. The van der Waals surface area contributed by atoms with Gasteiger partial charge in [-0.3, -0.25) is 4.79 Å². The second kappa shape index (κ2) is 7.64. The van der Waals surface area contributed by atoms with E-state index in [-0.39, 0.29) is 29.8 Å². The Balaban J connectivity index is 0.00000242. The van der Waals surface area contributed by atoms with E-state index in [1.165, 1.54) is 0 Å². The summed E-state index contributed by atoms with van der Waals surface area (Å²) >= 11 is 5.90. The molecular formula is C16H24Cl2N2O2. The zero-order chi connectivity index (χ0) is 15.6. The molecule has 1 aliphatic rings. The molecule has 1 unspecified atom stereocenters. The van der Waals surface area contributed by atoms with Crippen molar-refractivity contribution >= 4 is 29.9 Å². The van der Waals surface area contributed by atoms with Gasteiger partial charge in [-0.1, -0.05) is 44.5 Å². The van der Waals surface area contributed by atoms with Crippen LogP contribution in [0.5, 0.6) is 0 Å². The lowest BCUT2D eigenvalue weighted by Crippen LogP contribution is -2.53. The maximum atomic E-state index is 12.5. The standard InChI is InChI=1S/C16H23ClN2O2.ClH/c1-16(2,3)14(18)15(20)19-8-9-21-13(10-19)11-4-6-12(17)7-5-11;/h4-7,13-14H,8-10,18H2,1-3H3;1H/t13?,14-;/m1./s1. The van der Waals surface area contributed by atoms with Gasteiger partial charge >= 0.3 is 0 Å². The highest BCUT2D eigenvalue weighted by molar-refractivity contribution is 6.30. The van der Waals surface area contributed by atoms with Crippen molar-refractivity contribution in [2.24, 2.45) is 11.1 Å². The Kier molecular flexibility index (Phi) is 6.68. The monoisotopic (exact) mass is 346 g/mol. The second-order valence-electron chi connectivity index (χ2n) is 6.54. The summed E-state index contributed by atoms with van der Waals surface area (Å²) < 4.78 is 5.77. The molecule has 1 saturated heterocycles. The molecule has 1 aromatic carbocycles. The van der Waals surface area contributed by atoms with Crippen LogP contribution in [0.1, 0.15) is 32.4 Å². The molecule has 22 heavy (non-hydrogen) atoms. The third-order valence-corrected chi connectivity index (χ3v) is 4.07. The molecule has 124 valence electrons. The fraction of sp³-hybridized carbons (Fsp3) is 0.562. The van der Waals surface area contributed by atoms with E-state index in [9.17, 15) is 4.79 Å². The number of ether oxygens (including phenoxy) is 1. The first-order valence-electron chi connectivity index (χ1n) is 7.20. The molecule has 2 rings (SSSR count). The first kappa shape index (κ1) is 19.2. The molecule has 1 amide bonds. The van der Waals surface area contributed by atoms with E-state index < -0.39 is 6.04 Å². The van der Waals surface area contributed by atoms with Crippen LogP contribution in [-0.2, 0) is 9.53 Å². The zero-order valence-corrected chi connectivity index (χ0v) is 14.8. The first-order valence-corrected chi connectivity index (χ1v) is 7.58. The number of halogens is 2. The van der Waals surface area contributed by atoms with Gasteiger partial charge in [0.15, 0.2) is 0 Å². The Hall–Kier alpha value is -0.810. The van der Waals surface area contributed by atoms with Crippen LogP contribution in [0, 0.1) is 5.41 Å². The summed E-state index contributed by atoms with van der Waals surface area (Å²) in [6.07, 6.45) is -0.118. The third-order valence-electron chi connectivity index (χ3n) is 3.82. The number of carbonyl (C=O) groups excluding carboxylic acids is 1. The van der Waals surface area contributed by atoms with E-state index in [0.717, 1.165) is 5.56 Å². The molecule has 0 saturated carbocycles. The number of nitrogens with zero attached hydrogens (tertiary/aromatic N) is 1. The van der Waals surface area contributed by atoms with Crippen LogP contribution in [0.3, 0.4) is 0 Å². The summed E-state index contributed by atoms with van der Waals surface area (Å²) in [5.41, 5.74) is 6.86. The van der Waals surface area contributed by atoms with Crippen molar-refractivity contribution in [2.45, 2.75) is 32.9 Å². The Bertz CT molecular complexity index is 500. The number of carbonyl (C=O) groups is 1. The van der Waals surface area contributed by atoms with Gasteiger partial charge in [-0.25, -0.2) is 0 Å². The number of amides is 1. The number of morpholine rings is 1. The van der Waals surface area contributed by atoms with Gasteiger partial charge in [-0.05, 0) is 23.1 Å². The summed E-state index contributed by atoms with van der Waals surface area (Å²) in [6, 6.07) is 7.04. The predicted octanol–water partition coefficient (Wildman–Crippen LogP) is 3.04. The number of benzene rings is 1. The lowest BCUT2D eigenvalue weighted by molar-refractivity contribution is -0.142. The molecule has 0 aliphatic carbocycles. The average Bonchev–Trinajstić information content (AvgIpc) is 2.45. The van der Waals surface area contributed by atoms with Gasteiger partial charge in [-0.15, -0.1) is 12.4 Å². The maximum Gasteiger partial charge on any atom is 0.240 e. The van der Waals surface area contributed by atoms with Crippen LogP contribution in [0.15, 0.2) is 24.3 Å². The molecular weight excluding hydrogens is 323 g/mol. The molecule has 1 aromatic rings. The molecule has 0 bridgehead atoms. The highest BCUT2D eigenvalue weighted by Crippen LogP contribution is 2.26. The Morgan fingerprint density at radius 3 is 2.50 bits per heavy atom. The minimum atomic E-state index is -0.499. The van der Waals surface area contributed by atoms with Crippen LogP contribution in [0.4, 0.5) is 0 Å². The third kappa shape index (κ3) is 4.59. The molecule has 1 fully saturated rings. The van der Waals surface area contributed by atoms with E-state index in [0.29, 0.717) is 24.7 Å². The van der Waals surface area contributed by atoms with Gasteiger partial charge in [0, 0.05) is 11.6 Å². The average molecular weight is 347 g/mol. The number of rotatable bonds is 2. The molecule has 2 N–H and O–H groups in total. The Morgan fingerprint density at radius 2 is 1.95 bits per heavy atom. The predicted molar refractivity (Wildman–Crippen MR) is 91.4 cm³/mol. The minimum absolute atomic E-state index is 0. The highest BCUT2D eigenvalue weighted by atomic mass is 35.5. The van der Waals surface area contributed by atoms with Gasteiger partial charge in [0.05, 0.1) is 19.2 Å². The van der Waals surface area contributed by atoms with Crippen molar-refractivity contribution in [1.29, 1.82) is 0 Å². The topological polar surface area (TPSA) is 55.6 Å². The smallest absolute Gasteiger partial charge is 0.240 e. The number of nitrogens with two attached hydrogens (primary N) is 1. The van der Waals surface area contributed by atoms with Crippen molar-refractivity contribution in [1.82, 2.24) is 4.90 Å². The quantitative estimate of drug-likeness (QED) is 0.895. The van der Waals surface area contributed by atoms with Crippen molar-refractivity contribution in [3.63, 3.8) is 0 Å². The van der Waals surface area contributed by atoms with Crippen LogP contribution in [-0.4, -0.2) is 36.5 Å². The Labute approximate surface area is 143 Å². The second-order valence-corrected chi connectivity index (χ2v) is 6.98. The number of hydrogen-bond donors (Lipinski definition) is 1. The minimum Gasteiger partial charge on any atom is -0.370 e. The lowest BCUT2D eigenvalue weighted by atomic mass is 9.86. The summed E-state index contributed by atoms with van der Waals surface area (Å²) in [4.78, 5) is 14.3. The SMILES string of the molecule is CC(C)(C)[C@H](N)C(=O)N1CCOC(c2ccc(Cl)cc2)C1.Cl. The molecule has 4 nitrogen and oxygen atoms in total. The fourth-order valence-corrected chi connectivity index (χ4v) is 2.42.